The van der Waals surface area contributed by atoms with Crippen molar-refractivity contribution in [2.75, 3.05) is 35.2 Å². The lowest BCUT2D eigenvalue weighted by molar-refractivity contribution is -0.117. The van der Waals surface area contributed by atoms with Crippen LogP contribution in [0.25, 0.3) is 0 Å². The summed E-state index contributed by atoms with van der Waals surface area (Å²) in [5.41, 5.74) is 2.21. The summed E-state index contributed by atoms with van der Waals surface area (Å²) < 4.78 is 0. The Morgan fingerprint density at radius 1 is 1.40 bits per heavy atom. The molecule has 0 aliphatic carbocycles. The van der Waals surface area contributed by atoms with E-state index in [9.17, 15) is 4.79 Å². The number of thioether (sulfide) groups is 1. The third-order valence-electron chi connectivity index (χ3n) is 4.01. The highest BCUT2D eigenvalue weighted by Gasteiger charge is 2.33. The van der Waals surface area contributed by atoms with Gasteiger partial charge in [0.1, 0.15) is 0 Å². The number of hydrogen-bond acceptors (Lipinski definition) is 5. The highest BCUT2D eigenvalue weighted by Crippen LogP contribution is 2.44. The number of thiol groups is 1. The van der Waals surface area contributed by atoms with E-state index in [1.807, 2.05) is 11.0 Å². The van der Waals surface area contributed by atoms with Crippen LogP contribution in [-0.4, -0.2) is 36.5 Å². The molecule has 1 amide bonds. The molecule has 3 aliphatic rings. The van der Waals surface area contributed by atoms with Crippen LogP contribution in [0.1, 0.15) is 6.42 Å². The van der Waals surface area contributed by atoms with Crippen LogP contribution < -0.4 is 9.80 Å². The zero-order valence-electron chi connectivity index (χ0n) is 11.0. The summed E-state index contributed by atoms with van der Waals surface area (Å²) in [6, 6.07) is 6.29. The molecule has 1 unspecified atom stereocenters. The molecule has 0 radical (unpaired) electrons. The molecule has 0 spiro atoms. The lowest BCUT2D eigenvalue weighted by Crippen LogP contribution is -2.25. The number of nitrogens with zero attached hydrogens (tertiary/aromatic N) is 3. The number of hydrogen-bond donors (Lipinski definition) is 1. The Balaban J connectivity index is 1.67. The molecule has 1 atom stereocenters. The number of fused-ring (bicyclic) bond motifs is 3. The zero-order chi connectivity index (χ0) is 13.7. The number of anilines is 2. The van der Waals surface area contributed by atoms with Crippen LogP contribution >= 0.6 is 24.4 Å². The number of carbonyl (C=O) groups is 1. The maximum Gasteiger partial charge on any atom is 0.227 e. The minimum absolute atomic E-state index is 0.213. The van der Waals surface area contributed by atoms with Crippen molar-refractivity contribution in [2.24, 2.45) is 10.9 Å². The molecular weight excluding hydrogens is 290 g/mol. The van der Waals surface area contributed by atoms with Crippen LogP contribution in [0.3, 0.4) is 0 Å². The second-order valence-electron chi connectivity index (χ2n) is 5.33. The fraction of sp³-hybridized carbons (Fsp3) is 0.429. The maximum absolute atomic E-state index is 12.1. The zero-order valence-corrected chi connectivity index (χ0v) is 12.7. The molecule has 4 nitrogen and oxygen atoms in total. The summed E-state index contributed by atoms with van der Waals surface area (Å²) in [4.78, 5) is 22.0. The van der Waals surface area contributed by atoms with Gasteiger partial charge >= 0.3 is 0 Å². The van der Waals surface area contributed by atoms with Crippen LogP contribution in [0.5, 0.6) is 0 Å². The molecule has 1 aromatic rings. The Labute approximate surface area is 127 Å². The van der Waals surface area contributed by atoms with Gasteiger partial charge in [0.05, 0.1) is 12.2 Å². The summed E-state index contributed by atoms with van der Waals surface area (Å²) in [5, 5.41) is 1.10. The van der Waals surface area contributed by atoms with Gasteiger partial charge in [-0.1, -0.05) is 0 Å². The summed E-state index contributed by atoms with van der Waals surface area (Å²) in [6.07, 6.45) is 0.617. The van der Waals surface area contributed by atoms with Gasteiger partial charge in [0.15, 0.2) is 5.17 Å². The van der Waals surface area contributed by atoms with Gasteiger partial charge in [0.25, 0.3) is 0 Å². The van der Waals surface area contributed by atoms with Crippen LogP contribution in [0, 0.1) is 5.92 Å². The van der Waals surface area contributed by atoms with Gasteiger partial charge in [-0.25, -0.2) is 0 Å². The Hall–Kier alpha value is -1.14. The number of rotatable bonds is 2. The van der Waals surface area contributed by atoms with E-state index in [1.165, 1.54) is 10.6 Å². The molecule has 1 saturated heterocycles. The predicted octanol–water partition coefficient (Wildman–Crippen LogP) is 2.25. The van der Waals surface area contributed by atoms with Crippen molar-refractivity contribution in [1.82, 2.24) is 0 Å². The van der Waals surface area contributed by atoms with Gasteiger partial charge in [-0.15, -0.1) is 0 Å². The van der Waals surface area contributed by atoms with Crippen molar-refractivity contribution in [3.8, 4) is 0 Å². The molecule has 4 rings (SSSR count). The summed E-state index contributed by atoms with van der Waals surface area (Å²) in [6.45, 7) is 2.61. The van der Waals surface area contributed by atoms with Crippen molar-refractivity contribution in [3.05, 3.63) is 18.2 Å². The topological polar surface area (TPSA) is 35.9 Å². The minimum Gasteiger partial charge on any atom is -0.318 e. The molecule has 3 heterocycles. The SMILES string of the molecule is O=C1CC(CS)CN1c1ccc2c(c1)N1CCN=C1S2. The minimum atomic E-state index is 0.213. The molecule has 0 N–H and O–H groups in total. The standard InChI is InChI=1S/C14H15N3OS2/c18-13-5-9(8-19)7-17(13)10-1-2-12-11(6-10)16-4-3-15-14(16)20-12/h1-2,6,9,19H,3-5,7-8H2. The summed E-state index contributed by atoms with van der Waals surface area (Å²) >= 11 is 6.04. The Morgan fingerprint density at radius 3 is 3.10 bits per heavy atom. The maximum atomic E-state index is 12.1. The number of benzene rings is 1. The monoisotopic (exact) mass is 305 g/mol. The first-order chi connectivity index (χ1) is 9.76. The van der Waals surface area contributed by atoms with Gasteiger partial charge in [-0.05, 0) is 41.6 Å². The second kappa shape index (κ2) is 4.70. The smallest absolute Gasteiger partial charge is 0.227 e. The van der Waals surface area contributed by atoms with E-state index in [-0.39, 0.29) is 5.91 Å². The van der Waals surface area contributed by atoms with Crippen molar-refractivity contribution < 1.29 is 4.79 Å². The van der Waals surface area contributed by atoms with Crippen molar-refractivity contribution >= 4 is 46.8 Å². The van der Waals surface area contributed by atoms with Gasteiger partial charge < -0.3 is 9.80 Å². The first-order valence-electron chi connectivity index (χ1n) is 6.81. The third-order valence-corrected chi connectivity index (χ3v) is 5.62. The summed E-state index contributed by atoms with van der Waals surface area (Å²) in [7, 11) is 0. The molecule has 1 fully saturated rings. The van der Waals surface area contributed by atoms with E-state index in [4.69, 9.17) is 0 Å². The number of aliphatic imine (C=N–C) groups is 1. The van der Waals surface area contributed by atoms with E-state index in [1.54, 1.807) is 11.8 Å². The van der Waals surface area contributed by atoms with Crippen LogP contribution in [0.4, 0.5) is 11.4 Å². The van der Waals surface area contributed by atoms with E-state index in [2.05, 4.69) is 34.7 Å². The van der Waals surface area contributed by atoms with Gasteiger partial charge in [0, 0.05) is 30.1 Å². The molecule has 20 heavy (non-hydrogen) atoms. The fourth-order valence-electron chi connectivity index (χ4n) is 2.96. The predicted molar refractivity (Wildman–Crippen MR) is 86.3 cm³/mol. The Bertz CT molecular complexity index is 616. The molecular formula is C14H15N3OS2. The molecule has 0 aromatic heterocycles. The average molecular weight is 305 g/mol. The Morgan fingerprint density at radius 2 is 2.30 bits per heavy atom. The third kappa shape index (κ3) is 1.85. The second-order valence-corrected chi connectivity index (χ2v) is 6.70. The van der Waals surface area contributed by atoms with Gasteiger partial charge in [0.2, 0.25) is 5.91 Å². The highest BCUT2D eigenvalue weighted by atomic mass is 32.2. The average Bonchev–Trinajstić information content (AvgIpc) is 3.11. The van der Waals surface area contributed by atoms with Crippen molar-refractivity contribution in [2.45, 2.75) is 11.3 Å². The number of amidine groups is 1. The molecule has 0 bridgehead atoms. The largest absolute Gasteiger partial charge is 0.318 e. The first kappa shape index (κ1) is 12.6. The molecule has 6 heteroatoms. The van der Waals surface area contributed by atoms with E-state index in [0.717, 1.165) is 36.2 Å². The molecule has 104 valence electrons. The van der Waals surface area contributed by atoms with E-state index < -0.39 is 0 Å². The summed E-state index contributed by atoms with van der Waals surface area (Å²) in [5.74, 6) is 1.36. The van der Waals surface area contributed by atoms with Crippen LogP contribution in [-0.2, 0) is 4.79 Å². The molecule has 3 aliphatic heterocycles. The number of amides is 1. The van der Waals surface area contributed by atoms with E-state index >= 15 is 0 Å². The lowest BCUT2D eigenvalue weighted by atomic mass is 10.1. The van der Waals surface area contributed by atoms with Crippen molar-refractivity contribution in [1.29, 1.82) is 0 Å². The number of carbonyl (C=O) groups excluding carboxylic acids is 1. The van der Waals surface area contributed by atoms with Crippen molar-refractivity contribution in [3.63, 3.8) is 0 Å². The van der Waals surface area contributed by atoms with Crippen LogP contribution in [0.2, 0.25) is 0 Å². The van der Waals surface area contributed by atoms with Gasteiger partial charge in [-0.2, -0.15) is 12.6 Å². The normalized spacial score (nSPS) is 24.1. The fourth-order valence-corrected chi connectivity index (χ4v) is 4.27. The van der Waals surface area contributed by atoms with Gasteiger partial charge in [-0.3, -0.25) is 9.79 Å². The highest BCUT2D eigenvalue weighted by molar-refractivity contribution is 8.14. The lowest BCUT2D eigenvalue weighted by Gasteiger charge is -2.19. The van der Waals surface area contributed by atoms with E-state index in [0.29, 0.717) is 12.3 Å². The first-order valence-corrected chi connectivity index (χ1v) is 8.26. The molecule has 1 aromatic carbocycles. The molecule has 0 saturated carbocycles. The Kier molecular flexibility index (Phi) is 2.96. The van der Waals surface area contributed by atoms with Crippen LogP contribution in [0.15, 0.2) is 28.1 Å². The quantitative estimate of drug-likeness (QED) is 0.851.